The van der Waals surface area contributed by atoms with Gasteiger partial charge in [-0.25, -0.2) is 4.79 Å². The smallest absolute Gasteiger partial charge is 0.326 e. The van der Waals surface area contributed by atoms with Crippen LogP contribution in [0.25, 0.3) is 0 Å². The highest BCUT2D eigenvalue weighted by molar-refractivity contribution is 7.98. The van der Waals surface area contributed by atoms with E-state index in [1.807, 2.05) is 6.26 Å². The summed E-state index contributed by atoms with van der Waals surface area (Å²) in [5.74, 6) is -3.61. The zero-order valence-corrected chi connectivity index (χ0v) is 20.0. The molecule has 5 unspecified atom stereocenters. The molecule has 32 heavy (non-hydrogen) atoms. The van der Waals surface area contributed by atoms with Crippen LogP contribution in [0.15, 0.2) is 0 Å². The number of thioether (sulfide) groups is 2. The van der Waals surface area contributed by atoms with Crippen LogP contribution in [0.2, 0.25) is 0 Å². The number of carbonyl (C=O) groups is 5. The summed E-state index contributed by atoms with van der Waals surface area (Å²) < 4.78 is 0. The zero-order valence-electron chi connectivity index (χ0n) is 18.3. The highest BCUT2D eigenvalue weighted by atomic mass is 32.2. The lowest BCUT2D eigenvalue weighted by molar-refractivity contribution is -0.144. The summed E-state index contributed by atoms with van der Waals surface area (Å²) in [6.07, 6.45) is 2.22. The summed E-state index contributed by atoms with van der Waals surface area (Å²) in [7, 11) is 0. The molecule has 0 saturated heterocycles. The quantitative estimate of drug-likeness (QED) is 0.121. The number of aliphatic hydroxyl groups excluding tert-OH is 1. The molecule has 5 atom stereocenters. The van der Waals surface area contributed by atoms with E-state index >= 15 is 0 Å². The summed E-state index contributed by atoms with van der Waals surface area (Å²) in [5.41, 5.74) is 10.8. The van der Waals surface area contributed by atoms with Crippen LogP contribution in [-0.2, 0) is 24.0 Å². The number of rotatable bonds is 16. The van der Waals surface area contributed by atoms with Crippen LogP contribution in [0.4, 0.5) is 0 Å². The van der Waals surface area contributed by atoms with Gasteiger partial charge in [0.2, 0.25) is 23.6 Å². The molecule has 0 bridgehead atoms. The van der Waals surface area contributed by atoms with E-state index in [2.05, 4.69) is 16.0 Å². The molecule has 12 nitrogen and oxygen atoms in total. The molecule has 9 N–H and O–H groups in total. The molecule has 0 aromatic carbocycles. The molecule has 0 radical (unpaired) electrons. The summed E-state index contributed by atoms with van der Waals surface area (Å²) in [5, 5.41) is 26.1. The number of amides is 4. The number of aliphatic hydroxyl groups is 1. The topological polar surface area (TPSA) is 214 Å². The molecule has 0 rings (SSSR count). The van der Waals surface area contributed by atoms with Gasteiger partial charge in [0.1, 0.15) is 18.1 Å². The highest BCUT2D eigenvalue weighted by Gasteiger charge is 2.32. The van der Waals surface area contributed by atoms with Gasteiger partial charge in [0.05, 0.1) is 18.6 Å². The van der Waals surface area contributed by atoms with Crippen LogP contribution >= 0.6 is 23.5 Å². The van der Waals surface area contributed by atoms with Gasteiger partial charge < -0.3 is 37.6 Å². The minimum Gasteiger partial charge on any atom is -0.480 e. The van der Waals surface area contributed by atoms with Gasteiger partial charge in [-0.05, 0) is 43.8 Å². The van der Waals surface area contributed by atoms with Crippen LogP contribution in [-0.4, -0.2) is 94.1 Å². The monoisotopic (exact) mass is 495 g/mol. The molecule has 0 aromatic heterocycles. The van der Waals surface area contributed by atoms with Crippen molar-refractivity contribution in [1.82, 2.24) is 16.0 Å². The highest BCUT2D eigenvalue weighted by Crippen LogP contribution is 2.05. The Morgan fingerprint density at radius 1 is 0.875 bits per heavy atom. The first-order valence-electron chi connectivity index (χ1n) is 9.78. The van der Waals surface area contributed by atoms with Crippen molar-refractivity contribution in [2.45, 2.75) is 56.5 Å². The maximum absolute atomic E-state index is 12.7. The van der Waals surface area contributed by atoms with Gasteiger partial charge in [-0.3, -0.25) is 19.2 Å². The predicted molar refractivity (Wildman–Crippen MR) is 123 cm³/mol. The Labute approximate surface area is 195 Å². The first-order chi connectivity index (χ1) is 14.9. The normalized spacial score (nSPS) is 15.5. The lowest BCUT2D eigenvalue weighted by Crippen LogP contribution is -2.60. The number of carboxylic acids is 1. The molecule has 0 heterocycles. The third kappa shape index (κ3) is 11.5. The molecule has 184 valence electrons. The fourth-order valence-corrected chi connectivity index (χ4v) is 3.44. The SMILES string of the molecule is CSCCC(N)C(=O)NC(C(=O)NC(CCSC)C(=O)NC(CC(N)=O)C(=O)O)C(C)O. The van der Waals surface area contributed by atoms with Gasteiger partial charge in [0.15, 0.2) is 0 Å². The molecule has 0 fully saturated rings. The Kier molecular flexibility index (Phi) is 14.7. The summed E-state index contributed by atoms with van der Waals surface area (Å²) in [4.78, 5) is 59.9. The number of nitrogens with two attached hydrogens (primary N) is 2. The van der Waals surface area contributed by atoms with Crippen molar-refractivity contribution in [3.05, 3.63) is 0 Å². The number of aliphatic carboxylic acids is 1. The Hall–Kier alpha value is -2.03. The average molecular weight is 496 g/mol. The van der Waals surface area contributed by atoms with Gasteiger partial charge in [-0.1, -0.05) is 0 Å². The largest absolute Gasteiger partial charge is 0.480 e. The molecule has 14 heteroatoms. The maximum atomic E-state index is 12.7. The molecule has 0 aliphatic rings. The van der Waals surface area contributed by atoms with Crippen LogP contribution < -0.4 is 27.4 Å². The lowest BCUT2D eigenvalue weighted by atomic mass is 10.1. The maximum Gasteiger partial charge on any atom is 0.326 e. The van der Waals surface area contributed by atoms with E-state index in [1.54, 1.807) is 6.26 Å². The van der Waals surface area contributed by atoms with E-state index in [4.69, 9.17) is 11.5 Å². The standard InChI is InChI=1S/C18H33N5O7S2/c1-9(24)14(23-15(26)10(19)4-6-31-2)17(28)21-11(5-7-32-3)16(27)22-12(18(29)30)8-13(20)25/h9-12,14,24H,4-8,19H2,1-3H3,(H2,20,25)(H,21,28)(H,22,27)(H,23,26)(H,29,30). The van der Waals surface area contributed by atoms with Crippen molar-refractivity contribution in [2.24, 2.45) is 11.5 Å². The van der Waals surface area contributed by atoms with Crippen molar-refractivity contribution in [1.29, 1.82) is 0 Å². The second kappa shape index (κ2) is 15.7. The van der Waals surface area contributed by atoms with Crippen molar-refractivity contribution >= 4 is 53.1 Å². The fourth-order valence-electron chi connectivity index (χ4n) is 2.48. The van der Waals surface area contributed by atoms with E-state index in [0.717, 1.165) is 0 Å². The Morgan fingerprint density at radius 2 is 1.41 bits per heavy atom. The summed E-state index contributed by atoms with van der Waals surface area (Å²) in [6, 6.07) is -4.99. The fraction of sp³-hybridized carbons (Fsp3) is 0.722. The number of primary amides is 1. The first-order valence-corrected chi connectivity index (χ1v) is 12.6. The molecular formula is C18H33N5O7S2. The molecule has 0 aliphatic heterocycles. The van der Waals surface area contributed by atoms with Crippen molar-refractivity contribution < 1.29 is 34.2 Å². The Morgan fingerprint density at radius 3 is 1.88 bits per heavy atom. The molecule has 4 amide bonds. The van der Waals surface area contributed by atoms with Crippen LogP contribution in [0.5, 0.6) is 0 Å². The van der Waals surface area contributed by atoms with Gasteiger partial charge in [-0.15, -0.1) is 0 Å². The van der Waals surface area contributed by atoms with Gasteiger partial charge in [-0.2, -0.15) is 23.5 Å². The number of hydrogen-bond donors (Lipinski definition) is 7. The molecule has 0 aliphatic carbocycles. The van der Waals surface area contributed by atoms with Gasteiger partial charge in [0.25, 0.3) is 0 Å². The second-order valence-electron chi connectivity index (χ2n) is 7.03. The van der Waals surface area contributed by atoms with Crippen molar-refractivity contribution in [2.75, 3.05) is 24.0 Å². The minimum absolute atomic E-state index is 0.134. The van der Waals surface area contributed by atoms with E-state index in [-0.39, 0.29) is 6.42 Å². The van der Waals surface area contributed by atoms with E-state index in [9.17, 15) is 34.2 Å². The molecule has 0 aromatic rings. The van der Waals surface area contributed by atoms with Crippen LogP contribution in [0, 0.1) is 0 Å². The summed E-state index contributed by atoms with van der Waals surface area (Å²) in [6.45, 7) is 1.29. The number of carboxylic acid groups (broad SMARTS) is 1. The predicted octanol–water partition coefficient (Wildman–Crippen LogP) is -2.38. The van der Waals surface area contributed by atoms with Crippen molar-refractivity contribution in [3.63, 3.8) is 0 Å². The second-order valence-corrected chi connectivity index (χ2v) is 9.00. The first kappa shape index (κ1) is 30.0. The average Bonchev–Trinajstić information content (AvgIpc) is 2.71. The van der Waals surface area contributed by atoms with E-state index in [1.165, 1.54) is 30.4 Å². The van der Waals surface area contributed by atoms with E-state index < -0.39 is 66.3 Å². The third-order valence-electron chi connectivity index (χ3n) is 4.30. The Balaban J connectivity index is 5.35. The third-order valence-corrected chi connectivity index (χ3v) is 5.58. The molecule has 0 spiro atoms. The Bertz CT molecular complexity index is 666. The molecule has 0 saturated carbocycles. The number of carbonyl (C=O) groups excluding carboxylic acids is 4. The number of nitrogens with one attached hydrogen (secondary N) is 3. The lowest BCUT2D eigenvalue weighted by Gasteiger charge is -2.26. The molecular weight excluding hydrogens is 462 g/mol. The van der Waals surface area contributed by atoms with Crippen molar-refractivity contribution in [3.8, 4) is 0 Å². The van der Waals surface area contributed by atoms with Gasteiger partial charge >= 0.3 is 5.97 Å². The minimum atomic E-state index is -1.56. The van der Waals surface area contributed by atoms with Gasteiger partial charge in [0, 0.05) is 0 Å². The summed E-state index contributed by atoms with van der Waals surface area (Å²) >= 11 is 2.89. The zero-order chi connectivity index (χ0) is 24.8. The van der Waals surface area contributed by atoms with Crippen LogP contribution in [0.1, 0.15) is 26.2 Å². The van der Waals surface area contributed by atoms with Crippen LogP contribution in [0.3, 0.4) is 0 Å². The van der Waals surface area contributed by atoms with E-state index in [0.29, 0.717) is 17.9 Å². The number of hydrogen-bond acceptors (Lipinski definition) is 9.